The largest absolute Gasteiger partial charge is 0.497 e. The highest BCUT2D eigenvalue weighted by Crippen LogP contribution is 2.26. The number of hydrogen-bond acceptors (Lipinski definition) is 4. The molecule has 0 spiro atoms. The zero-order valence-corrected chi connectivity index (χ0v) is 14.0. The second-order valence-electron chi connectivity index (χ2n) is 5.48. The second-order valence-corrected chi connectivity index (χ2v) is 7.49. The fourth-order valence-electron chi connectivity index (χ4n) is 2.64. The number of amides is 1. The molecule has 1 aliphatic heterocycles. The number of nitrogens with one attached hydrogen (secondary N) is 1. The average molecular weight is 346 g/mol. The molecule has 126 valence electrons. The van der Waals surface area contributed by atoms with E-state index in [1.54, 1.807) is 48.5 Å². The first kappa shape index (κ1) is 16.3. The molecule has 2 aromatic carbocycles. The number of rotatable bonds is 4. The number of methoxy groups -OCH3 is 1. The van der Waals surface area contributed by atoms with Crippen LogP contribution >= 0.6 is 0 Å². The maximum Gasteiger partial charge on any atom is 0.255 e. The molecule has 0 atom stereocenters. The predicted molar refractivity (Wildman–Crippen MR) is 93.1 cm³/mol. The summed E-state index contributed by atoms with van der Waals surface area (Å²) in [5, 5.41) is 2.78. The van der Waals surface area contributed by atoms with Crippen molar-refractivity contribution in [3.8, 4) is 5.75 Å². The SMILES string of the molecule is COc1cccc(C(=O)Nc2cccc(N3CCCS3(=O)=O)c2)c1. The molecule has 0 unspecified atom stereocenters. The predicted octanol–water partition coefficient (Wildman–Crippen LogP) is 2.49. The molecule has 0 radical (unpaired) electrons. The summed E-state index contributed by atoms with van der Waals surface area (Å²) >= 11 is 0. The summed E-state index contributed by atoms with van der Waals surface area (Å²) in [6.07, 6.45) is 0.614. The van der Waals surface area contributed by atoms with Crippen LogP contribution < -0.4 is 14.4 Å². The van der Waals surface area contributed by atoms with E-state index in [9.17, 15) is 13.2 Å². The Morgan fingerprint density at radius 3 is 2.67 bits per heavy atom. The fraction of sp³-hybridized carbons (Fsp3) is 0.235. The van der Waals surface area contributed by atoms with Gasteiger partial charge in [0.1, 0.15) is 5.75 Å². The number of benzene rings is 2. The zero-order valence-electron chi connectivity index (χ0n) is 13.2. The van der Waals surface area contributed by atoms with E-state index in [1.165, 1.54) is 11.4 Å². The molecule has 7 heteroatoms. The Labute approximate surface area is 141 Å². The molecule has 6 nitrogen and oxygen atoms in total. The summed E-state index contributed by atoms with van der Waals surface area (Å²) in [7, 11) is -1.70. The molecule has 3 rings (SSSR count). The van der Waals surface area contributed by atoms with Crippen LogP contribution in [0, 0.1) is 0 Å². The van der Waals surface area contributed by atoms with Crippen molar-refractivity contribution >= 4 is 27.3 Å². The lowest BCUT2D eigenvalue weighted by atomic mass is 10.2. The van der Waals surface area contributed by atoms with Gasteiger partial charge in [-0.05, 0) is 42.8 Å². The van der Waals surface area contributed by atoms with Gasteiger partial charge in [-0.15, -0.1) is 0 Å². The third kappa shape index (κ3) is 3.35. The molecule has 1 fully saturated rings. The van der Waals surface area contributed by atoms with Crippen LogP contribution in [0.1, 0.15) is 16.8 Å². The van der Waals surface area contributed by atoms with Crippen LogP contribution in [0.2, 0.25) is 0 Å². The molecule has 1 saturated heterocycles. The normalized spacial score (nSPS) is 16.0. The van der Waals surface area contributed by atoms with Crippen molar-refractivity contribution in [1.29, 1.82) is 0 Å². The summed E-state index contributed by atoms with van der Waals surface area (Å²) in [6, 6.07) is 13.7. The number of anilines is 2. The van der Waals surface area contributed by atoms with Gasteiger partial charge in [-0.2, -0.15) is 0 Å². The lowest BCUT2D eigenvalue weighted by molar-refractivity contribution is 0.102. The average Bonchev–Trinajstić information content (AvgIpc) is 2.94. The van der Waals surface area contributed by atoms with Gasteiger partial charge in [0, 0.05) is 17.8 Å². The first-order valence-corrected chi connectivity index (χ1v) is 9.16. The molecule has 0 aromatic heterocycles. The van der Waals surface area contributed by atoms with Gasteiger partial charge in [-0.25, -0.2) is 8.42 Å². The molecule has 24 heavy (non-hydrogen) atoms. The topological polar surface area (TPSA) is 75.7 Å². The number of carbonyl (C=O) groups excluding carboxylic acids is 1. The summed E-state index contributed by atoms with van der Waals surface area (Å²) < 4.78 is 30.5. The minimum absolute atomic E-state index is 0.160. The van der Waals surface area contributed by atoms with Gasteiger partial charge in [0.25, 0.3) is 5.91 Å². The fourth-order valence-corrected chi connectivity index (χ4v) is 4.19. The van der Waals surface area contributed by atoms with E-state index in [-0.39, 0.29) is 11.7 Å². The molecule has 1 amide bonds. The van der Waals surface area contributed by atoms with E-state index >= 15 is 0 Å². The van der Waals surface area contributed by atoms with E-state index in [0.29, 0.717) is 35.7 Å². The molecular formula is C17H18N2O4S. The molecule has 0 aliphatic carbocycles. The van der Waals surface area contributed by atoms with E-state index < -0.39 is 10.0 Å². The van der Waals surface area contributed by atoms with Crippen LogP contribution in [0.3, 0.4) is 0 Å². The van der Waals surface area contributed by atoms with Crippen molar-refractivity contribution in [2.24, 2.45) is 0 Å². The van der Waals surface area contributed by atoms with E-state index in [1.807, 2.05) is 0 Å². The van der Waals surface area contributed by atoms with E-state index in [2.05, 4.69) is 5.32 Å². The molecule has 0 bridgehead atoms. The Morgan fingerprint density at radius 2 is 1.96 bits per heavy atom. The van der Waals surface area contributed by atoms with E-state index in [4.69, 9.17) is 4.74 Å². The first-order valence-electron chi connectivity index (χ1n) is 7.55. The second kappa shape index (κ2) is 6.52. The van der Waals surface area contributed by atoms with Gasteiger partial charge in [0.05, 0.1) is 18.6 Å². The van der Waals surface area contributed by atoms with Crippen LogP contribution in [-0.4, -0.2) is 33.7 Å². The van der Waals surface area contributed by atoms with Crippen LogP contribution in [0.15, 0.2) is 48.5 Å². The molecule has 1 N–H and O–H groups in total. The van der Waals surface area contributed by atoms with Crippen LogP contribution in [0.5, 0.6) is 5.75 Å². The third-order valence-corrected chi connectivity index (χ3v) is 5.69. The summed E-state index contributed by atoms with van der Waals surface area (Å²) in [6.45, 7) is 0.468. The van der Waals surface area contributed by atoms with Crippen molar-refractivity contribution in [2.75, 3.05) is 29.0 Å². The van der Waals surface area contributed by atoms with Gasteiger partial charge >= 0.3 is 0 Å². The van der Waals surface area contributed by atoms with Crippen LogP contribution in [-0.2, 0) is 10.0 Å². The quantitative estimate of drug-likeness (QED) is 0.923. The molecule has 1 aliphatic rings. The Kier molecular flexibility index (Phi) is 4.44. The van der Waals surface area contributed by atoms with Crippen LogP contribution in [0.4, 0.5) is 11.4 Å². The maximum absolute atomic E-state index is 12.3. The maximum atomic E-state index is 12.3. The van der Waals surface area contributed by atoms with Crippen LogP contribution in [0.25, 0.3) is 0 Å². The first-order chi connectivity index (χ1) is 11.5. The van der Waals surface area contributed by atoms with Crippen molar-refractivity contribution in [3.05, 3.63) is 54.1 Å². The van der Waals surface area contributed by atoms with E-state index in [0.717, 1.165) is 0 Å². The summed E-state index contributed by atoms with van der Waals surface area (Å²) in [4.78, 5) is 12.3. The highest BCUT2D eigenvalue weighted by Gasteiger charge is 2.28. The highest BCUT2D eigenvalue weighted by atomic mass is 32.2. The molecule has 0 saturated carbocycles. The number of hydrogen-bond donors (Lipinski definition) is 1. The monoisotopic (exact) mass is 346 g/mol. The Balaban J connectivity index is 1.81. The number of sulfonamides is 1. The minimum atomic E-state index is -3.24. The van der Waals surface area contributed by atoms with Gasteiger partial charge in [-0.3, -0.25) is 9.10 Å². The number of nitrogens with zero attached hydrogens (tertiary/aromatic N) is 1. The van der Waals surface area contributed by atoms with Crippen molar-refractivity contribution < 1.29 is 17.9 Å². The smallest absolute Gasteiger partial charge is 0.255 e. The number of ether oxygens (including phenoxy) is 1. The van der Waals surface area contributed by atoms with Gasteiger partial charge < -0.3 is 10.1 Å². The molecule has 2 aromatic rings. The molecular weight excluding hydrogens is 328 g/mol. The Hall–Kier alpha value is -2.54. The van der Waals surface area contributed by atoms with Gasteiger partial charge in [0.2, 0.25) is 10.0 Å². The van der Waals surface area contributed by atoms with Crippen molar-refractivity contribution in [2.45, 2.75) is 6.42 Å². The summed E-state index contributed by atoms with van der Waals surface area (Å²) in [5.41, 5.74) is 1.58. The number of carbonyl (C=O) groups is 1. The Bertz CT molecular complexity index is 864. The molecule has 1 heterocycles. The minimum Gasteiger partial charge on any atom is -0.497 e. The van der Waals surface area contributed by atoms with Gasteiger partial charge in [0.15, 0.2) is 0 Å². The standard InChI is InChI=1S/C17H18N2O4S/c1-23-16-8-2-5-13(11-16)17(20)18-14-6-3-7-15(12-14)19-9-4-10-24(19,21)22/h2-3,5-8,11-12H,4,9-10H2,1H3,(H,18,20). The zero-order chi connectivity index (χ0) is 17.2. The lowest BCUT2D eigenvalue weighted by Gasteiger charge is -2.17. The van der Waals surface area contributed by atoms with Crippen molar-refractivity contribution in [1.82, 2.24) is 0 Å². The summed E-state index contributed by atoms with van der Waals surface area (Å²) in [5.74, 6) is 0.475. The van der Waals surface area contributed by atoms with Gasteiger partial charge in [-0.1, -0.05) is 12.1 Å². The Morgan fingerprint density at radius 1 is 1.17 bits per heavy atom. The third-order valence-electron chi connectivity index (χ3n) is 3.82. The van der Waals surface area contributed by atoms with Crippen molar-refractivity contribution in [3.63, 3.8) is 0 Å². The highest BCUT2D eigenvalue weighted by molar-refractivity contribution is 7.93. The lowest BCUT2D eigenvalue weighted by Crippen LogP contribution is -2.25.